The van der Waals surface area contributed by atoms with Crippen molar-refractivity contribution in [1.82, 2.24) is 4.98 Å². The summed E-state index contributed by atoms with van der Waals surface area (Å²) >= 11 is 16.1. The van der Waals surface area contributed by atoms with Gasteiger partial charge < -0.3 is 5.32 Å². The second kappa shape index (κ2) is 6.55. The summed E-state index contributed by atoms with van der Waals surface area (Å²) in [6.45, 7) is 0. The van der Waals surface area contributed by atoms with Crippen LogP contribution in [0.3, 0.4) is 0 Å². The van der Waals surface area contributed by atoms with Gasteiger partial charge in [-0.2, -0.15) is 0 Å². The van der Waals surface area contributed by atoms with Crippen molar-refractivity contribution in [1.29, 1.82) is 0 Å². The lowest BCUT2D eigenvalue weighted by atomic mass is 10.0. The molecule has 0 amide bonds. The van der Waals surface area contributed by atoms with Crippen LogP contribution in [0.15, 0.2) is 46.9 Å². The predicted octanol–water partition coefficient (Wildman–Crippen LogP) is 6.79. The highest BCUT2D eigenvalue weighted by Gasteiger charge is 2.20. The number of halogens is 3. The maximum absolute atomic E-state index is 6.48. The molecule has 5 heteroatoms. The van der Waals surface area contributed by atoms with Gasteiger partial charge in [-0.25, -0.2) is 0 Å². The predicted molar refractivity (Wildman–Crippen MR) is 105 cm³/mol. The number of nitrogens with zero attached hydrogens (tertiary/aromatic N) is 1. The first-order valence-electron chi connectivity index (χ1n) is 7.91. The van der Waals surface area contributed by atoms with E-state index in [2.05, 4.69) is 39.4 Å². The first kappa shape index (κ1) is 16.2. The molecule has 3 aromatic rings. The lowest BCUT2D eigenvalue weighted by Gasteiger charge is -2.19. The fourth-order valence-corrected chi connectivity index (χ4v) is 4.09. The molecule has 0 aliphatic carbocycles. The molecule has 24 heavy (non-hydrogen) atoms. The largest absolute Gasteiger partial charge is 0.376 e. The van der Waals surface area contributed by atoms with E-state index in [0.29, 0.717) is 10.0 Å². The number of rotatable bonds is 1. The molecule has 122 valence electrons. The van der Waals surface area contributed by atoms with Crippen LogP contribution in [0, 0.1) is 0 Å². The lowest BCUT2D eigenvalue weighted by Crippen LogP contribution is -2.11. The van der Waals surface area contributed by atoms with Crippen LogP contribution in [0.1, 0.15) is 30.1 Å². The highest BCUT2D eigenvalue weighted by molar-refractivity contribution is 9.10. The van der Waals surface area contributed by atoms with E-state index in [-0.39, 0.29) is 6.04 Å². The van der Waals surface area contributed by atoms with E-state index < -0.39 is 0 Å². The molecule has 0 saturated heterocycles. The summed E-state index contributed by atoms with van der Waals surface area (Å²) in [5, 5.41) is 5.90. The molecule has 0 spiro atoms. The van der Waals surface area contributed by atoms with Gasteiger partial charge in [-0.1, -0.05) is 39.1 Å². The van der Waals surface area contributed by atoms with Crippen molar-refractivity contribution in [2.45, 2.75) is 25.3 Å². The van der Waals surface area contributed by atoms with Gasteiger partial charge in [-0.05, 0) is 67.3 Å². The number of hydrogen-bond donors (Lipinski definition) is 1. The highest BCUT2D eigenvalue weighted by atomic mass is 79.9. The zero-order valence-corrected chi connectivity index (χ0v) is 15.9. The molecule has 1 atom stereocenters. The van der Waals surface area contributed by atoms with Gasteiger partial charge in [0.25, 0.3) is 0 Å². The van der Waals surface area contributed by atoms with Gasteiger partial charge in [0, 0.05) is 20.6 Å². The van der Waals surface area contributed by atoms with E-state index in [1.54, 1.807) is 0 Å². The summed E-state index contributed by atoms with van der Waals surface area (Å²) in [4.78, 5) is 4.82. The minimum Gasteiger partial charge on any atom is -0.376 e. The van der Waals surface area contributed by atoms with Crippen LogP contribution in [0.5, 0.6) is 0 Å². The van der Waals surface area contributed by atoms with Crippen molar-refractivity contribution >= 4 is 55.7 Å². The van der Waals surface area contributed by atoms with Gasteiger partial charge in [-0.3, -0.25) is 4.98 Å². The van der Waals surface area contributed by atoms with E-state index in [1.807, 2.05) is 24.3 Å². The van der Waals surface area contributed by atoms with E-state index in [0.717, 1.165) is 40.3 Å². The average Bonchev–Trinajstić information content (AvgIpc) is 2.77. The lowest BCUT2D eigenvalue weighted by molar-refractivity contribution is 0.650. The van der Waals surface area contributed by atoms with Crippen molar-refractivity contribution in [3.05, 3.63) is 68.2 Å². The molecule has 2 heterocycles. The Labute approximate surface area is 159 Å². The quantitative estimate of drug-likeness (QED) is 0.467. The van der Waals surface area contributed by atoms with Crippen molar-refractivity contribution < 1.29 is 0 Å². The van der Waals surface area contributed by atoms with Crippen LogP contribution in [0.2, 0.25) is 10.0 Å². The van der Waals surface area contributed by atoms with Gasteiger partial charge >= 0.3 is 0 Å². The Kier molecular flexibility index (Phi) is 4.42. The molecule has 4 rings (SSSR count). The summed E-state index contributed by atoms with van der Waals surface area (Å²) in [5.41, 5.74) is 4.37. The molecule has 0 fully saturated rings. The third-order valence-electron chi connectivity index (χ3n) is 4.43. The van der Waals surface area contributed by atoms with E-state index in [1.165, 1.54) is 11.3 Å². The van der Waals surface area contributed by atoms with Gasteiger partial charge in [0.15, 0.2) is 0 Å². The third kappa shape index (κ3) is 3.13. The summed E-state index contributed by atoms with van der Waals surface area (Å²) in [5.74, 6) is 0. The summed E-state index contributed by atoms with van der Waals surface area (Å²) < 4.78 is 1.12. The molecule has 0 radical (unpaired) electrons. The van der Waals surface area contributed by atoms with Crippen LogP contribution in [0.25, 0.3) is 10.9 Å². The second-order valence-corrected chi connectivity index (χ2v) is 7.84. The molecule has 0 bridgehead atoms. The number of aromatic nitrogens is 1. The number of benzene rings is 2. The molecular formula is C19H15BrCl2N2. The van der Waals surface area contributed by atoms with E-state index >= 15 is 0 Å². The standard InChI is InChI=1S/C19H15BrCl2N2/c20-12-4-6-16-11(8-12)2-1-3-18(23-16)19-10-15(22)14-9-13(21)5-7-17(14)24-19/h4-10,18,23H,1-3H2. The smallest absolute Gasteiger partial charge is 0.0722 e. The van der Waals surface area contributed by atoms with Crippen LogP contribution in [0.4, 0.5) is 5.69 Å². The van der Waals surface area contributed by atoms with Crippen LogP contribution >= 0.6 is 39.1 Å². The zero-order chi connectivity index (χ0) is 16.7. The number of hydrogen-bond acceptors (Lipinski definition) is 2. The molecule has 1 aliphatic rings. The van der Waals surface area contributed by atoms with E-state index in [4.69, 9.17) is 28.2 Å². The Hall–Kier alpha value is -1.29. The first-order valence-corrected chi connectivity index (χ1v) is 9.46. The maximum atomic E-state index is 6.48. The molecule has 1 aliphatic heterocycles. The van der Waals surface area contributed by atoms with Crippen LogP contribution in [-0.4, -0.2) is 4.98 Å². The Morgan fingerprint density at radius 2 is 1.96 bits per heavy atom. The van der Waals surface area contributed by atoms with Gasteiger partial charge in [0.1, 0.15) is 0 Å². The number of anilines is 1. The van der Waals surface area contributed by atoms with Crippen molar-refractivity contribution in [3.63, 3.8) is 0 Å². The Morgan fingerprint density at radius 3 is 2.83 bits per heavy atom. The molecule has 2 nitrogen and oxygen atoms in total. The minimum absolute atomic E-state index is 0.157. The number of fused-ring (bicyclic) bond motifs is 2. The minimum atomic E-state index is 0.157. The molecule has 0 saturated carbocycles. The van der Waals surface area contributed by atoms with Gasteiger partial charge in [0.2, 0.25) is 0 Å². The van der Waals surface area contributed by atoms with Crippen molar-refractivity contribution in [2.75, 3.05) is 5.32 Å². The maximum Gasteiger partial charge on any atom is 0.0722 e. The highest BCUT2D eigenvalue weighted by Crippen LogP contribution is 2.35. The molecule has 2 aromatic carbocycles. The van der Waals surface area contributed by atoms with Gasteiger partial charge in [-0.15, -0.1) is 0 Å². The monoisotopic (exact) mass is 420 g/mol. The van der Waals surface area contributed by atoms with Crippen molar-refractivity contribution in [2.24, 2.45) is 0 Å². The van der Waals surface area contributed by atoms with E-state index in [9.17, 15) is 0 Å². The molecule has 1 N–H and O–H groups in total. The van der Waals surface area contributed by atoms with Crippen LogP contribution in [-0.2, 0) is 6.42 Å². The fraction of sp³-hybridized carbons (Fsp3) is 0.211. The number of nitrogens with one attached hydrogen (secondary N) is 1. The Balaban J connectivity index is 1.74. The Bertz CT molecular complexity index is 927. The van der Waals surface area contributed by atoms with Gasteiger partial charge in [0.05, 0.1) is 22.3 Å². The SMILES string of the molecule is Clc1ccc2nc(C3CCCc4cc(Br)ccc4N3)cc(Cl)c2c1. The average molecular weight is 422 g/mol. The summed E-state index contributed by atoms with van der Waals surface area (Å²) in [6, 6.07) is 14.1. The second-order valence-electron chi connectivity index (χ2n) is 6.08. The molecule has 1 unspecified atom stereocenters. The summed E-state index contributed by atoms with van der Waals surface area (Å²) in [7, 11) is 0. The number of pyridine rings is 1. The Morgan fingerprint density at radius 1 is 1.08 bits per heavy atom. The van der Waals surface area contributed by atoms with Crippen LogP contribution < -0.4 is 5.32 Å². The molecule has 1 aromatic heterocycles. The summed E-state index contributed by atoms with van der Waals surface area (Å²) in [6.07, 6.45) is 3.20. The third-order valence-corrected chi connectivity index (χ3v) is 5.47. The fourth-order valence-electron chi connectivity index (χ4n) is 3.24. The first-order chi connectivity index (χ1) is 11.6. The number of aryl methyl sites for hydroxylation is 1. The van der Waals surface area contributed by atoms with Crippen molar-refractivity contribution in [3.8, 4) is 0 Å². The normalized spacial score (nSPS) is 17.2. The zero-order valence-electron chi connectivity index (χ0n) is 12.8. The topological polar surface area (TPSA) is 24.9 Å². The molecular weight excluding hydrogens is 407 g/mol.